The zero-order chi connectivity index (χ0) is 18.0. The lowest BCUT2D eigenvalue weighted by molar-refractivity contribution is -0.120. The van der Waals surface area contributed by atoms with Crippen molar-refractivity contribution in [1.29, 1.82) is 0 Å². The topological polar surface area (TPSA) is 107 Å². The number of halogens is 1. The Bertz CT molecular complexity index is 882. The summed E-state index contributed by atoms with van der Waals surface area (Å²) in [5.74, 6) is -0.151. The van der Waals surface area contributed by atoms with Gasteiger partial charge in [-0.3, -0.25) is 4.79 Å². The van der Waals surface area contributed by atoms with Gasteiger partial charge < -0.3 is 11.1 Å². The Hall–Kier alpha value is -1.90. The molecule has 0 radical (unpaired) electrons. The number of rotatable bonds is 4. The van der Waals surface area contributed by atoms with Crippen LogP contribution in [0.2, 0.25) is 0 Å². The van der Waals surface area contributed by atoms with Gasteiger partial charge in [0.1, 0.15) is 0 Å². The summed E-state index contributed by atoms with van der Waals surface area (Å²) >= 11 is 0. The van der Waals surface area contributed by atoms with Gasteiger partial charge in [-0.25, -0.2) is 13.1 Å². The smallest absolute Gasteiger partial charge is 0.227 e. The van der Waals surface area contributed by atoms with Crippen LogP contribution in [0, 0.1) is 5.92 Å². The summed E-state index contributed by atoms with van der Waals surface area (Å²) in [4.78, 5) is 12.6. The van der Waals surface area contributed by atoms with E-state index in [0.717, 1.165) is 25.5 Å². The molecule has 1 saturated carbocycles. The summed E-state index contributed by atoms with van der Waals surface area (Å²) in [5, 5.41) is 7.04. The predicted octanol–water partition coefficient (Wildman–Crippen LogP) is 2.15. The monoisotopic (exact) mass is 398 g/mol. The van der Waals surface area contributed by atoms with Gasteiger partial charge in [0.25, 0.3) is 0 Å². The lowest BCUT2D eigenvalue weighted by Gasteiger charge is -2.25. The van der Waals surface area contributed by atoms with E-state index in [2.05, 4.69) is 10.4 Å². The van der Waals surface area contributed by atoms with E-state index < -0.39 is 9.84 Å². The number of nitrogens with zero attached hydrogens (tertiary/aromatic N) is 2. The minimum Gasteiger partial charge on any atom is -0.328 e. The molecule has 142 valence electrons. The van der Waals surface area contributed by atoms with Crippen molar-refractivity contribution in [1.82, 2.24) is 9.78 Å². The van der Waals surface area contributed by atoms with E-state index in [9.17, 15) is 13.2 Å². The Labute approximate surface area is 159 Å². The van der Waals surface area contributed by atoms with Gasteiger partial charge in [-0.05, 0) is 31.4 Å². The molecule has 26 heavy (non-hydrogen) atoms. The molecule has 0 spiro atoms. The lowest BCUT2D eigenvalue weighted by atomic mass is 9.85. The molecule has 7 nitrogen and oxygen atoms in total. The number of sulfone groups is 1. The van der Waals surface area contributed by atoms with Gasteiger partial charge in [0.15, 0.2) is 9.84 Å². The molecule has 2 aromatic rings. The highest BCUT2D eigenvalue weighted by Crippen LogP contribution is 2.25. The molecule has 1 heterocycles. The van der Waals surface area contributed by atoms with Crippen molar-refractivity contribution in [3.05, 3.63) is 36.7 Å². The maximum atomic E-state index is 12.4. The number of anilines is 1. The Morgan fingerprint density at radius 3 is 2.73 bits per heavy atom. The third kappa shape index (κ3) is 4.63. The van der Waals surface area contributed by atoms with Crippen molar-refractivity contribution in [3.63, 3.8) is 0 Å². The summed E-state index contributed by atoms with van der Waals surface area (Å²) in [5.41, 5.74) is 6.92. The fourth-order valence-corrected chi connectivity index (χ4v) is 4.06. The maximum absolute atomic E-state index is 12.4. The van der Waals surface area contributed by atoms with Gasteiger partial charge in [-0.1, -0.05) is 18.6 Å². The van der Waals surface area contributed by atoms with E-state index >= 15 is 0 Å². The van der Waals surface area contributed by atoms with Crippen LogP contribution in [0.4, 0.5) is 5.69 Å². The molecule has 1 fully saturated rings. The molecular formula is C17H23ClN4O3S. The number of carbonyl (C=O) groups is 1. The third-order valence-corrected chi connectivity index (χ3v) is 5.59. The second-order valence-corrected chi connectivity index (χ2v) is 8.51. The highest BCUT2D eigenvalue weighted by atomic mass is 35.5. The van der Waals surface area contributed by atoms with Gasteiger partial charge in [-0.2, -0.15) is 5.10 Å². The zero-order valence-corrected chi connectivity index (χ0v) is 16.1. The SMILES string of the molecule is CS(=O)(=O)c1ccccc1-n1cc(NC(=O)C2CCCC(N)C2)cn1.Cl. The summed E-state index contributed by atoms with van der Waals surface area (Å²) in [6.45, 7) is 0. The zero-order valence-electron chi connectivity index (χ0n) is 14.5. The molecular weight excluding hydrogens is 376 g/mol. The normalized spacial score (nSPS) is 20.2. The lowest BCUT2D eigenvalue weighted by Crippen LogP contribution is -2.34. The quantitative estimate of drug-likeness (QED) is 0.820. The highest BCUT2D eigenvalue weighted by Gasteiger charge is 2.25. The standard InChI is InChI=1S/C17H22N4O3S.ClH/c1-25(23,24)16-8-3-2-7-15(16)21-11-14(10-19-21)20-17(22)12-5-4-6-13(18)9-12;/h2-3,7-8,10-13H,4-6,9,18H2,1H3,(H,20,22);1H. The average molecular weight is 399 g/mol. The number of carbonyl (C=O) groups excluding carboxylic acids is 1. The summed E-state index contributed by atoms with van der Waals surface area (Å²) < 4.78 is 25.3. The number of hydrogen-bond donors (Lipinski definition) is 2. The Morgan fingerprint density at radius 1 is 1.31 bits per heavy atom. The van der Waals surface area contributed by atoms with Crippen LogP contribution in [0.5, 0.6) is 0 Å². The first-order chi connectivity index (χ1) is 11.8. The van der Waals surface area contributed by atoms with Crippen LogP contribution in [-0.4, -0.2) is 36.4 Å². The van der Waals surface area contributed by atoms with Crippen LogP contribution in [0.1, 0.15) is 25.7 Å². The van der Waals surface area contributed by atoms with E-state index in [1.54, 1.807) is 24.4 Å². The van der Waals surface area contributed by atoms with Gasteiger partial charge in [0.05, 0.1) is 28.7 Å². The Morgan fingerprint density at radius 2 is 2.04 bits per heavy atom. The van der Waals surface area contributed by atoms with Gasteiger partial charge in [-0.15, -0.1) is 12.4 Å². The number of aromatic nitrogens is 2. The first-order valence-electron chi connectivity index (χ1n) is 8.25. The minimum atomic E-state index is -3.38. The van der Waals surface area contributed by atoms with Crippen LogP contribution in [-0.2, 0) is 14.6 Å². The van der Waals surface area contributed by atoms with Crippen LogP contribution in [0.3, 0.4) is 0 Å². The van der Waals surface area contributed by atoms with E-state index in [1.165, 1.54) is 16.9 Å². The number of para-hydroxylation sites is 1. The molecule has 1 aliphatic carbocycles. The molecule has 9 heteroatoms. The first-order valence-corrected chi connectivity index (χ1v) is 10.1. The van der Waals surface area contributed by atoms with Crippen molar-refractivity contribution in [2.24, 2.45) is 11.7 Å². The number of nitrogens with two attached hydrogens (primary N) is 1. The molecule has 0 saturated heterocycles. The number of benzene rings is 1. The van der Waals surface area contributed by atoms with Crippen molar-refractivity contribution in [2.45, 2.75) is 36.6 Å². The van der Waals surface area contributed by atoms with E-state index in [0.29, 0.717) is 17.8 Å². The number of amides is 1. The van der Waals surface area contributed by atoms with Crippen molar-refractivity contribution in [3.8, 4) is 5.69 Å². The minimum absolute atomic E-state index is 0. The predicted molar refractivity (Wildman–Crippen MR) is 102 cm³/mol. The Balaban J connectivity index is 0.00000243. The number of nitrogens with one attached hydrogen (secondary N) is 1. The first kappa shape index (κ1) is 20.4. The summed E-state index contributed by atoms with van der Waals surface area (Å²) in [7, 11) is -3.38. The van der Waals surface area contributed by atoms with Gasteiger partial charge in [0, 0.05) is 18.2 Å². The van der Waals surface area contributed by atoms with Crippen molar-refractivity contribution in [2.75, 3.05) is 11.6 Å². The molecule has 3 N–H and O–H groups in total. The molecule has 1 aromatic heterocycles. The third-order valence-electron chi connectivity index (χ3n) is 4.45. The molecule has 0 bridgehead atoms. The van der Waals surface area contributed by atoms with Crippen LogP contribution in [0.25, 0.3) is 5.69 Å². The van der Waals surface area contributed by atoms with Gasteiger partial charge in [0.2, 0.25) is 5.91 Å². The molecule has 2 atom stereocenters. The van der Waals surface area contributed by atoms with Crippen molar-refractivity contribution >= 4 is 33.8 Å². The Kier molecular flexibility index (Phi) is 6.44. The van der Waals surface area contributed by atoms with Crippen LogP contribution >= 0.6 is 12.4 Å². The summed E-state index contributed by atoms with van der Waals surface area (Å²) in [6, 6.07) is 6.70. The molecule has 2 unspecified atom stereocenters. The second kappa shape index (κ2) is 8.20. The van der Waals surface area contributed by atoms with Crippen LogP contribution < -0.4 is 11.1 Å². The molecule has 0 aliphatic heterocycles. The maximum Gasteiger partial charge on any atom is 0.227 e. The fourth-order valence-electron chi connectivity index (χ4n) is 3.19. The summed E-state index contributed by atoms with van der Waals surface area (Å²) in [6.07, 6.45) is 7.74. The molecule has 1 aliphatic rings. The van der Waals surface area contributed by atoms with E-state index in [-0.39, 0.29) is 35.2 Å². The highest BCUT2D eigenvalue weighted by molar-refractivity contribution is 7.90. The van der Waals surface area contributed by atoms with Crippen LogP contribution in [0.15, 0.2) is 41.6 Å². The molecule has 3 rings (SSSR count). The van der Waals surface area contributed by atoms with E-state index in [1.807, 2.05) is 0 Å². The molecule has 1 amide bonds. The van der Waals surface area contributed by atoms with Gasteiger partial charge >= 0.3 is 0 Å². The number of hydrogen-bond acceptors (Lipinski definition) is 5. The second-order valence-electron chi connectivity index (χ2n) is 6.53. The fraction of sp³-hybridized carbons (Fsp3) is 0.412. The van der Waals surface area contributed by atoms with E-state index in [4.69, 9.17) is 5.73 Å². The molecule has 1 aromatic carbocycles. The largest absolute Gasteiger partial charge is 0.328 e. The van der Waals surface area contributed by atoms with Crippen molar-refractivity contribution < 1.29 is 13.2 Å². The average Bonchev–Trinajstić information content (AvgIpc) is 3.02.